The first-order chi connectivity index (χ1) is 17.0. The summed E-state index contributed by atoms with van der Waals surface area (Å²) in [6.45, 7) is 0.487. The predicted molar refractivity (Wildman–Crippen MR) is 130 cm³/mol. The van der Waals surface area contributed by atoms with E-state index in [1.54, 1.807) is 0 Å². The number of amides is 2. The minimum atomic E-state index is -0.841. The van der Waals surface area contributed by atoms with Gasteiger partial charge in [-0.05, 0) is 41.0 Å². The molecule has 8 heteroatoms. The van der Waals surface area contributed by atoms with Gasteiger partial charge in [-0.25, -0.2) is 4.79 Å². The van der Waals surface area contributed by atoms with Crippen molar-refractivity contribution in [2.45, 2.75) is 44.1 Å². The Balaban J connectivity index is 1.14. The first-order valence-corrected chi connectivity index (χ1v) is 12.2. The van der Waals surface area contributed by atoms with E-state index in [4.69, 9.17) is 14.6 Å². The molecular weight excluding hydrogens is 448 g/mol. The van der Waals surface area contributed by atoms with Crippen LogP contribution in [-0.4, -0.2) is 55.5 Å². The standard InChI is InChI=1S/C27H32N2O6/c30-25(29-24-12-6-1-7-18(24)15-26(31)32)17-34-14-13-28-27(33)35-16-23-21-10-4-2-8-19(21)20-9-3-5-11-22(20)23/h2-5,8-11,18,23-24H,1,6-7,12-17H2,(H,28,33)(H,29,30)(H,31,32)/t18-,24-/m0/s1. The van der Waals surface area contributed by atoms with Crippen LogP contribution in [0.15, 0.2) is 48.5 Å². The summed E-state index contributed by atoms with van der Waals surface area (Å²) >= 11 is 0. The van der Waals surface area contributed by atoms with Crippen LogP contribution in [0.5, 0.6) is 0 Å². The molecule has 0 bridgehead atoms. The van der Waals surface area contributed by atoms with Crippen molar-refractivity contribution in [2.75, 3.05) is 26.4 Å². The molecule has 2 aliphatic rings. The normalized spacial score (nSPS) is 18.9. The molecule has 2 amide bonds. The molecule has 35 heavy (non-hydrogen) atoms. The summed E-state index contributed by atoms with van der Waals surface area (Å²) in [5.74, 6) is -1.15. The summed E-state index contributed by atoms with van der Waals surface area (Å²) in [4.78, 5) is 35.4. The minimum Gasteiger partial charge on any atom is -0.481 e. The van der Waals surface area contributed by atoms with Crippen molar-refractivity contribution in [2.24, 2.45) is 5.92 Å². The van der Waals surface area contributed by atoms with Crippen LogP contribution in [0.2, 0.25) is 0 Å². The number of carbonyl (C=O) groups excluding carboxylic acids is 2. The highest BCUT2D eigenvalue weighted by Crippen LogP contribution is 2.44. The second-order valence-electron chi connectivity index (χ2n) is 9.12. The molecule has 2 aromatic carbocycles. The number of hydrogen-bond donors (Lipinski definition) is 3. The van der Waals surface area contributed by atoms with Crippen LogP contribution < -0.4 is 10.6 Å². The summed E-state index contributed by atoms with van der Waals surface area (Å²) in [7, 11) is 0. The zero-order valence-corrected chi connectivity index (χ0v) is 19.7. The van der Waals surface area contributed by atoms with E-state index in [0.717, 1.165) is 36.8 Å². The molecule has 8 nitrogen and oxygen atoms in total. The van der Waals surface area contributed by atoms with Gasteiger partial charge in [-0.2, -0.15) is 0 Å². The Morgan fingerprint density at radius 3 is 2.29 bits per heavy atom. The quantitative estimate of drug-likeness (QED) is 0.447. The lowest BCUT2D eigenvalue weighted by atomic mass is 9.82. The van der Waals surface area contributed by atoms with Crippen LogP contribution in [0.4, 0.5) is 4.79 Å². The molecule has 2 aliphatic carbocycles. The Kier molecular flexibility index (Phi) is 8.36. The van der Waals surface area contributed by atoms with Gasteiger partial charge in [0.25, 0.3) is 0 Å². The number of carboxylic acids is 1. The third-order valence-electron chi connectivity index (χ3n) is 6.78. The molecule has 0 saturated heterocycles. The van der Waals surface area contributed by atoms with E-state index in [9.17, 15) is 14.4 Å². The first kappa shape index (κ1) is 24.7. The number of fused-ring (bicyclic) bond motifs is 3. The van der Waals surface area contributed by atoms with Crippen molar-refractivity contribution >= 4 is 18.0 Å². The van der Waals surface area contributed by atoms with E-state index < -0.39 is 12.1 Å². The van der Waals surface area contributed by atoms with E-state index in [1.165, 1.54) is 11.1 Å². The van der Waals surface area contributed by atoms with Gasteiger partial charge in [0.05, 0.1) is 13.0 Å². The fraction of sp³-hybridized carbons (Fsp3) is 0.444. The fourth-order valence-electron chi connectivity index (χ4n) is 5.15. The molecule has 0 aromatic heterocycles. The average Bonchev–Trinajstić information content (AvgIpc) is 3.17. The summed E-state index contributed by atoms with van der Waals surface area (Å²) in [5, 5.41) is 14.6. The van der Waals surface area contributed by atoms with E-state index in [-0.39, 0.29) is 56.6 Å². The molecule has 0 unspecified atom stereocenters. The van der Waals surface area contributed by atoms with Crippen LogP contribution in [0, 0.1) is 5.92 Å². The molecule has 2 atom stereocenters. The highest BCUT2D eigenvalue weighted by molar-refractivity contribution is 5.79. The number of carbonyl (C=O) groups is 3. The van der Waals surface area contributed by atoms with Crippen LogP contribution in [0.1, 0.15) is 49.1 Å². The highest BCUT2D eigenvalue weighted by atomic mass is 16.5. The maximum atomic E-state index is 12.2. The summed E-state index contributed by atoms with van der Waals surface area (Å²) < 4.78 is 10.9. The lowest BCUT2D eigenvalue weighted by molar-refractivity contribution is -0.139. The smallest absolute Gasteiger partial charge is 0.407 e. The third-order valence-corrected chi connectivity index (χ3v) is 6.78. The van der Waals surface area contributed by atoms with E-state index >= 15 is 0 Å². The van der Waals surface area contributed by atoms with Gasteiger partial charge in [0.2, 0.25) is 5.91 Å². The van der Waals surface area contributed by atoms with Gasteiger partial charge in [-0.1, -0.05) is 61.4 Å². The van der Waals surface area contributed by atoms with Crippen molar-refractivity contribution in [1.29, 1.82) is 0 Å². The molecular formula is C27H32N2O6. The molecule has 186 valence electrons. The summed E-state index contributed by atoms with van der Waals surface area (Å²) in [6.07, 6.45) is 3.10. The van der Waals surface area contributed by atoms with Gasteiger partial charge in [-0.15, -0.1) is 0 Å². The van der Waals surface area contributed by atoms with Gasteiger partial charge in [0.15, 0.2) is 0 Å². The van der Waals surface area contributed by atoms with Gasteiger partial charge < -0.3 is 25.2 Å². The van der Waals surface area contributed by atoms with Crippen LogP contribution >= 0.6 is 0 Å². The lowest BCUT2D eigenvalue weighted by Crippen LogP contribution is -2.44. The monoisotopic (exact) mass is 480 g/mol. The molecule has 0 heterocycles. The molecule has 1 fully saturated rings. The number of alkyl carbamates (subject to hydrolysis) is 1. The van der Waals surface area contributed by atoms with Gasteiger partial charge in [0.1, 0.15) is 13.2 Å². The Bertz CT molecular complexity index is 1010. The van der Waals surface area contributed by atoms with Crippen molar-refractivity contribution in [3.8, 4) is 11.1 Å². The van der Waals surface area contributed by atoms with Crippen LogP contribution in [-0.2, 0) is 19.1 Å². The molecule has 0 aliphatic heterocycles. The topological polar surface area (TPSA) is 114 Å². The number of carboxylic acid groups (broad SMARTS) is 1. The van der Waals surface area contributed by atoms with Crippen LogP contribution in [0.3, 0.4) is 0 Å². The molecule has 2 aromatic rings. The fourth-order valence-corrected chi connectivity index (χ4v) is 5.15. The molecule has 1 saturated carbocycles. The molecule has 0 spiro atoms. The Hall–Kier alpha value is -3.39. The molecule has 3 N–H and O–H groups in total. The Labute approximate surface area is 205 Å². The number of aliphatic carboxylic acids is 1. The maximum absolute atomic E-state index is 12.2. The van der Waals surface area contributed by atoms with Gasteiger partial charge in [0, 0.05) is 18.5 Å². The zero-order chi connectivity index (χ0) is 24.6. The van der Waals surface area contributed by atoms with Gasteiger partial charge in [-0.3, -0.25) is 9.59 Å². The average molecular weight is 481 g/mol. The number of nitrogens with one attached hydrogen (secondary N) is 2. The maximum Gasteiger partial charge on any atom is 0.407 e. The van der Waals surface area contributed by atoms with Crippen LogP contribution in [0.25, 0.3) is 11.1 Å². The number of benzene rings is 2. The van der Waals surface area contributed by atoms with Gasteiger partial charge >= 0.3 is 12.1 Å². The largest absolute Gasteiger partial charge is 0.481 e. The Morgan fingerprint density at radius 1 is 0.943 bits per heavy atom. The molecule has 0 radical (unpaired) electrons. The predicted octanol–water partition coefficient (Wildman–Crippen LogP) is 3.69. The van der Waals surface area contributed by atoms with Crippen molar-refractivity contribution in [1.82, 2.24) is 10.6 Å². The van der Waals surface area contributed by atoms with E-state index in [2.05, 4.69) is 34.9 Å². The van der Waals surface area contributed by atoms with Crippen molar-refractivity contribution in [3.63, 3.8) is 0 Å². The Morgan fingerprint density at radius 2 is 1.60 bits per heavy atom. The van der Waals surface area contributed by atoms with E-state index in [0.29, 0.717) is 0 Å². The second-order valence-corrected chi connectivity index (χ2v) is 9.12. The first-order valence-electron chi connectivity index (χ1n) is 12.2. The minimum absolute atomic E-state index is 0.00200. The highest BCUT2D eigenvalue weighted by Gasteiger charge is 2.29. The zero-order valence-electron chi connectivity index (χ0n) is 19.7. The SMILES string of the molecule is O=C(O)C[C@@H]1CCCC[C@@H]1NC(=O)COCCNC(=O)OCC1c2ccccc2-c2ccccc21. The van der Waals surface area contributed by atoms with Crippen molar-refractivity contribution in [3.05, 3.63) is 59.7 Å². The summed E-state index contributed by atoms with van der Waals surface area (Å²) in [5.41, 5.74) is 4.65. The van der Waals surface area contributed by atoms with Crippen molar-refractivity contribution < 1.29 is 29.0 Å². The summed E-state index contributed by atoms with van der Waals surface area (Å²) in [6, 6.07) is 16.2. The number of hydrogen-bond acceptors (Lipinski definition) is 5. The molecule has 4 rings (SSSR count). The van der Waals surface area contributed by atoms with E-state index in [1.807, 2.05) is 24.3 Å². The third kappa shape index (κ3) is 6.39. The number of rotatable bonds is 10. The second kappa shape index (κ2) is 11.8. The lowest BCUT2D eigenvalue weighted by Gasteiger charge is -2.31. The number of ether oxygens (including phenoxy) is 2.